The molecule has 1 atom stereocenters. The van der Waals surface area contributed by atoms with Gasteiger partial charge < -0.3 is 10.1 Å². The van der Waals surface area contributed by atoms with Crippen LogP contribution in [0.4, 0.5) is 5.69 Å². The molecule has 1 fully saturated rings. The second-order valence-corrected chi connectivity index (χ2v) is 8.62. The second-order valence-electron chi connectivity index (χ2n) is 8.62. The number of ether oxygens (including phenoxy) is 1. The predicted octanol–water partition coefficient (Wildman–Crippen LogP) is 4.63. The summed E-state index contributed by atoms with van der Waals surface area (Å²) in [7, 11) is 1.60. The summed E-state index contributed by atoms with van der Waals surface area (Å²) in [4.78, 5) is 37.5. The van der Waals surface area contributed by atoms with E-state index in [1.54, 1.807) is 19.2 Å². The first kappa shape index (κ1) is 23.4. The first-order valence-electron chi connectivity index (χ1n) is 11.7. The summed E-state index contributed by atoms with van der Waals surface area (Å²) >= 11 is 0. The maximum absolute atomic E-state index is 13.8. The lowest BCUT2D eigenvalue weighted by molar-refractivity contribution is -0.123. The van der Waals surface area contributed by atoms with Crippen LogP contribution in [0.1, 0.15) is 59.8 Å². The minimum Gasteiger partial charge on any atom is -0.497 e. The van der Waals surface area contributed by atoms with E-state index < -0.39 is 11.9 Å². The molecule has 7 nitrogen and oxygen atoms in total. The Labute approximate surface area is 200 Å². The van der Waals surface area contributed by atoms with Crippen molar-refractivity contribution in [3.05, 3.63) is 83.9 Å². The molecule has 34 heavy (non-hydrogen) atoms. The lowest BCUT2D eigenvalue weighted by Crippen LogP contribution is -2.47. The number of aryl methyl sites for hydroxylation is 1. The van der Waals surface area contributed by atoms with Crippen LogP contribution in [0.25, 0.3) is 0 Å². The van der Waals surface area contributed by atoms with Crippen molar-refractivity contribution in [2.24, 2.45) is 0 Å². The van der Waals surface area contributed by atoms with Gasteiger partial charge in [0.2, 0.25) is 5.91 Å². The molecule has 4 rings (SSSR count). The Kier molecular flexibility index (Phi) is 7.52. The average molecular weight is 459 g/mol. The molecular weight excluding hydrogens is 428 g/mol. The predicted molar refractivity (Wildman–Crippen MR) is 131 cm³/mol. The zero-order chi connectivity index (χ0) is 23.9. The standard InChI is InChI=1S/C27H30N4O3/c1-19-7-6-10-22(17-19)31(27(33)24-18-28-15-16-29-24)25(20-11-13-23(34-2)14-12-20)26(32)30-21-8-4-3-5-9-21/h6-7,10-18,21,25H,3-5,8-9H2,1-2H3,(H,30,32). The number of carbonyl (C=O) groups excluding carboxylic acids is 2. The van der Waals surface area contributed by atoms with Crippen LogP contribution in [0.2, 0.25) is 0 Å². The number of carbonyl (C=O) groups is 2. The van der Waals surface area contributed by atoms with Gasteiger partial charge in [0.25, 0.3) is 5.91 Å². The lowest BCUT2D eigenvalue weighted by Gasteiger charge is -2.33. The van der Waals surface area contributed by atoms with Gasteiger partial charge in [-0.3, -0.25) is 19.5 Å². The fourth-order valence-corrected chi connectivity index (χ4v) is 4.43. The third-order valence-electron chi connectivity index (χ3n) is 6.17. The van der Waals surface area contributed by atoms with Gasteiger partial charge in [0.15, 0.2) is 0 Å². The highest BCUT2D eigenvalue weighted by atomic mass is 16.5. The maximum atomic E-state index is 13.8. The number of aromatic nitrogens is 2. The Balaban J connectivity index is 1.80. The summed E-state index contributed by atoms with van der Waals surface area (Å²) in [6.07, 6.45) is 9.70. The fourth-order valence-electron chi connectivity index (χ4n) is 4.43. The zero-order valence-electron chi connectivity index (χ0n) is 19.6. The molecule has 1 unspecified atom stereocenters. The summed E-state index contributed by atoms with van der Waals surface area (Å²) in [5.41, 5.74) is 2.46. The van der Waals surface area contributed by atoms with E-state index in [0.717, 1.165) is 31.2 Å². The van der Waals surface area contributed by atoms with Crippen molar-refractivity contribution >= 4 is 17.5 Å². The van der Waals surface area contributed by atoms with Gasteiger partial charge in [-0.05, 0) is 55.2 Å². The van der Waals surface area contributed by atoms with Gasteiger partial charge in [-0.25, -0.2) is 4.98 Å². The molecule has 1 saturated carbocycles. The van der Waals surface area contributed by atoms with Gasteiger partial charge >= 0.3 is 0 Å². The van der Waals surface area contributed by atoms with Crippen molar-refractivity contribution in [1.82, 2.24) is 15.3 Å². The van der Waals surface area contributed by atoms with Crippen molar-refractivity contribution in [2.75, 3.05) is 12.0 Å². The van der Waals surface area contributed by atoms with Crippen LogP contribution in [0.3, 0.4) is 0 Å². The highest BCUT2D eigenvalue weighted by Crippen LogP contribution is 2.31. The molecule has 7 heteroatoms. The number of nitrogens with one attached hydrogen (secondary N) is 1. The zero-order valence-corrected chi connectivity index (χ0v) is 19.6. The van der Waals surface area contributed by atoms with E-state index in [1.165, 1.54) is 29.9 Å². The number of nitrogens with zero attached hydrogens (tertiary/aromatic N) is 3. The molecule has 1 aliphatic rings. The van der Waals surface area contributed by atoms with Gasteiger partial charge in [0, 0.05) is 24.1 Å². The fraction of sp³-hybridized carbons (Fsp3) is 0.333. The molecule has 0 spiro atoms. The number of methoxy groups -OCH3 is 1. The molecule has 1 aromatic heterocycles. The molecule has 1 N–H and O–H groups in total. The molecule has 3 aromatic rings. The van der Waals surface area contributed by atoms with E-state index in [9.17, 15) is 9.59 Å². The number of rotatable bonds is 7. The van der Waals surface area contributed by atoms with Crippen LogP contribution >= 0.6 is 0 Å². The maximum Gasteiger partial charge on any atom is 0.279 e. The molecule has 2 aromatic carbocycles. The second kappa shape index (κ2) is 10.9. The van der Waals surface area contributed by atoms with Crippen LogP contribution in [0.5, 0.6) is 5.75 Å². The molecule has 1 aliphatic carbocycles. The molecule has 0 radical (unpaired) electrons. The molecule has 0 saturated heterocycles. The molecule has 2 amide bonds. The molecule has 1 heterocycles. The van der Waals surface area contributed by atoms with Crippen molar-refractivity contribution in [3.63, 3.8) is 0 Å². The SMILES string of the molecule is COc1ccc(C(C(=O)NC2CCCCC2)N(C(=O)c2cnccn2)c2cccc(C)c2)cc1. The lowest BCUT2D eigenvalue weighted by atomic mass is 9.94. The van der Waals surface area contributed by atoms with E-state index in [0.29, 0.717) is 17.0 Å². The molecule has 176 valence electrons. The first-order valence-corrected chi connectivity index (χ1v) is 11.7. The Morgan fingerprint density at radius 3 is 2.47 bits per heavy atom. The summed E-state index contributed by atoms with van der Waals surface area (Å²) < 4.78 is 5.31. The number of benzene rings is 2. The van der Waals surface area contributed by atoms with Crippen molar-refractivity contribution in [1.29, 1.82) is 0 Å². The smallest absolute Gasteiger partial charge is 0.279 e. The third kappa shape index (κ3) is 5.42. The normalized spacial score (nSPS) is 14.8. The van der Waals surface area contributed by atoms with Crippen molar-refractivity contribution < 1.29 is 14.3 Å². The van der Waals surface area contributed by atoms with E-state index >= 15 is 0 Å². The minimum atomic E-state index is -0.885. The first-order chi connectivity index (χ1) is 16.6. The summed E-state index contributed by atoms with van der Waals surface area (Å²) in [5, 5.41) is 3.22. The Hall–Kier alpha value is -3.74. The van der Waals surface area contributed by atoms with E-state index in [1.807, 2.05) is 43.3 Å². The molecular formula is C27H30N4O3. The van der Waals surface area contributed by atoms with Gasteiger partial charge in [-0.1, -0.05) is 43.5 Å². The van der Waals surface area contributed by atoms with E-state index in [2.05, 4.69) is 15.3 Å². The molecule has 0 bridgehead atoms. The number of amides is 2. The third-order valence-corrected chi connectivity index (χ3v) is 6.17. The minimum absolute atomic E-state index is 0.105. The average Bonchev–Trinajstić information content (AvgIpc) is 2.88. The topological polar surface area (TPSA) is 84.4 Å². The van der Waals surface area contributed by atoms with E-state index in [-0.39, 0.29) is 17.6 Å². The largest absolute Gasteiger partial charge is 0.497 e. The summed E-state index contributed by atoms with van der Waals surface area (Å²) in [5.74, 6) is 0.0756. The highest BCUT2D eigenvalue weighted by Gasteiger charge is 2.35. The van der Waals surface area contributed by atoms with Gasteiger partial charge in [0.05, 0.1) is 13.3 Å². The van der Waals surface area contributed by atoms with Gasteiger partial charge in [0.1, 0.15) is 17.5 Å². The van der Waals surface area contributed by atoms with Crippen LogP contribution in [-0.2, 0) is 4.79 Å². The summed E-state index contributed by atoms with van der Waals surface area (Å²) in [6, 6.07) is 14.1. The van der Waals surface area contributed by atoms with E-state index in [4.69, 9.17) is 4.74 Å². The Morgan fingerprint density at radius 1 is 1.06 bits per heavy atom. The van der Waals surface area contributed by atoms with Crippen molar-refractivity contribution in [2.45, 2.75) is 51.1 Å². The van der Waals surface area contributed by atoms with Crippen LogP contribution < -0.4 is 15.0 Å². The van der Waals surface area contributed by atoms with Crippen LogP contribution in [-0.4, -0.2) is 34.9 Å². The van der Waals surface area contributed by atoms with Crippen LogP contribution in [0, 0.1) is 6.92 Å². The Morgan fingerprint density at radius 2 is 1.82 bits per heavy atom. The number of anilines is 1. The van der Waals surface area contributed by atoms with Crippen molar-refractivity contribution in [3.8, 4) is 5.75 Å². The summed E-state index contributed by atoms with van der Waals surface area (Å²) in [6.45, 7) is 1.96. The van der Waals surface area contributed by atoms with Gasteiger partial charge in [-0.15, -0.1) is 0 Å². The quantitative estimate of drug-likeness (QED) is 0.558. The number of hydrogen-bond acceptors (Lipinski definition) is 5. The highest BCUT2D eigenvalue weighted by molar-refractivity contribution is 6.09. The number of hydrogen-bond donors (Lipinski definition) is 1. The molecule has 0 aliphatic heterocycles. The van der Waals surface area contributed by atoms with Gasteiger partial charge in [-0.2, -0.15) is 0 Å². The van der Waals surface area contributed by atoms with Crippen LogP contribution in [0.15, 0.2) is 67.1 Å². The Bertz CT molecular complexity index is 1110. The monoisotopic (exact) mass is 458 g/mol.